The number of piperidine rings is 1. The van der Waals surface area contributed by atoms with E-state index >= 15 is 0 Å². The number of rotatable bonds is 4. The van der Waals surface area contributed by atoms with Crippen molar-refractivity contribution in [2.24, 2.45) is 5.92 Å². The Morgan fingerprint density at radius 2 is 1.62 bits per heavy atom. The molecule has 0 radical (unpaired) electrons. The second kappa shape index (κ2) is 8.19. The van der Waals surface area contributed by atoms with Crippen LogP contribution in [0.15, 0.2) is 54.6 Å². The third-order valence-corrected chi connectivity index (χ3v) is 6.81. The van der Waals surface area contributed by atoms with Gasteiger partial charge in [0.1, 0.15) is 0 Å². The van der Waals surface area contributed by atoms with E-state index in [0.29, 0.717) is 6.54 Å². The number of nitrogens with zero attached hydrogens (tertiary/aromatic N) is 2. The van der Waals surface area contributed by atoms with E-state index in [0.717, 1.165) is 38.3 Å². The second-order valence-corrected chi connectivity index (χ2v) is 8.88. The Balaban J connectivity index is 1.48. The summed E-state index contributed by atoms with van der Waals surface area (Å²) in [5.41, 5.74) is 3.84. The largest absolute Gasteiger partial charge is 0.338 e. The zero-order chi connectivity index (χ0) is 19.6. The van der Waals surface area contributed by atoms with Gasteiger partial charge in [-0.15, -0.1) is 0 Å². The van der Waals surface area contributed by atoms with Gasteiger partial charge < -0.3 is 15.1 Å². The van der Waals surface area contributed by atoms with Crippen LogP contribution in [0.1, 0.15) is 48.4 Å². The van der Waals surface area contributed by atoms with Crippen LogP contribution in [0.25, 0.3) is 0 Å². The van der Waals surface area contributed by atoms with Gasteiger partial charge in [0.25, 0.3) is 0 Å². The third-order valence-electron chi connectivity index (χ3n) is 6.81. The fourth-order valence-corrected chi connectivity index (χ4v) is 5.09. The molecule has 4 heteroatoms. The summed E-state index contributed by atoms with van der Waals surface area (Å²) >= 11 is 0. The molecule has 1 atom stereocenters. The van der Waals surface area contributed by atoms with Crippen LogP contribution in [0.4, 0.5) is 4.79 Å². The van der Waals surface area contributed by atoms with E-state index in [1.165, 1.54) is 36.1 Å². The average Bonchev–Trinajstić information content (AvgIpc) is 3.57. The molecule has 1 N–H and O–H groups in total. The van der Waals surface area contributed by atoms with E-state index in [4.69, 9.17) is 0 Å². The maximum Gasteiger partial charge on any atom is 0.318 e. The highest BCUT2D eigenvalue weighted by Gasteiger charge is 2.37. The van der Waals surface area contributed by atoms with Crippen molar-refractivity contribution < 1.29 is 4.79 Å². The zero-order valence-corrected chi connectivity index (χ0v) is 17.1. The Morgan fingerprint density at radius 1 is 0.897 bits per heavy atom. The quantitative estimate of drug-likeness (QED) is 0.850. The minimum absolute atomic E-state index is 0.0207. The fourth-order valence-electron chi connectivity index (χ4n) is 5.09. The SMILES string of the molecule is O=C1NCCc2ccccc2C(c2ccccc2)N1C1CCN(CC2CC2)CC1. The molecule has 2 aliphatic heterocycles. The Bertz CT molecular complexity index is 840. The second-order valence-electron chi connectivity index (χ2n) is 8.88. The number of hydrogen-bond acceptors (Lipinski definition) is 2. The molecule has 2 fully saturated rings. The van der Waals surface area contributed by atoms with E-state index in [1.54, 1.807) is 0 Å². The van der Waals surface area contributed by atoms with Crippen molar-refractivity contribution in [1.82, 2.24) is 15.1 Å². The number of likely N-dealkylation sites (tertiary alicyclic amines) is 1. The lowest BCUT2D eigenvalue weighted by Crippen LogP contribution is -2.53. The molecule has 2 heterocycles. The van der Waals surface area contributed by atoms with Gasteiger partial charge in [-0.2, -0.15) is 0 Å². The molecular formula is C25H31N3O. The van der Waals surface area contributed by atoms with E-state index in [-0.39, 0.29) is 18.1 Å². The van der Waals surface area contributed by atoms with Crippen molar-refractivity contribution in [2.45, 2.75) is 44.2 Å². The van der Waals surface area contributed by atoms with Gasteiger partial charge in [-0.3, -0.25) is 0 Å². The minimum atomic E-state index is -0.0207. The number of urea groups is 1. The monoisotopic (exact) mass is 389 g/mol. The summed E-state index contributed by atoms with van der Waals surface area (Å²) in [5.74, 6) is 0.931. The molecule has 1 unspecified atom stereocenters. The number of benzene rings is 2. The molecule has 0 aromatic heterocycles. The first-order valence-electron chi connectivity index (χ1n) is 11.2. The normalized spacial score (nSPS) is 23.8. The molecule has 1 saturated heterocycles. The molecule has 0 spiro atoms. The Kier molecular flexibility index (Phi) is 5.28. The summed E-state index contributed by atoms with van der Waals surface area (Å²) < 4.78 is 0. The molecule has 0 bridgehead atoms. The lowest BCUT2D eigenvalue weighted by atomic mass is 9.89. The highest BCUT2D eigenvalue weighted by atomic mass is 16.2. The first-order valence-corrected chi connectivity index (χ1v) is 11.2. The van der Waals surface area contributed by atoms with Crippen molar-refractivity contribution >= 4 is 6.03 Å². The molecule has 2 aromatic carbocycles. The molecular weight excluding hydrogens is 358 g/mol. The standard InChI is InChI=1S/C25H31N3O/c29-25-26-15-12-20-6-4-5-9-23(20)24(21-7-2-1-3-8-21)28(25)22-13-16-27(17-14-22)18-19-10-11-19/h1-9,19,22,24H,10-18H2,(H,26,29). The number of hydrogen-bond donors (Lipinski definition) is 1. The lowest BCUT2D eigenvalue weighted by molar-refractivity contribution is 0.101. The van der Waals surface area contributed by atoms with Crippen LogP contribution in [-0.4, -0.2) is 48.1 Å². The number of nitrogens with one attached hydrogen (secondary N) is 1. The van der Waals surface area contributed by atoms with Crippen LogP contribution < -0.4 is 5.32 Å². The Labute approximate surface area is 173 Å². The van der Waals surface area contributed by atoms with Crippen molar-refractivity contribution in [3.8, 4) is 0 Å². The van der Waals surface area contributed by atoms with Crippen LogP contribution in [0.5, 0.6) is 0 Å². The molecule has 152 valence electrons. The van der Waals surface area contributed by atoms with Gasteiger partial charge in [0.2, 0.25) is 0 Å². The zero-order valence-electron chi connectivity index (χ0n) is 17.1. The van der Waals surface area contributed by atoms with E-state index in [2.05, 4.69) is 69.7 Å². The molecule has 1 saturated carbocycles. The first kappa shape index (κ1) is 18.7. The summed E-state index contributed by atoms with van der Waals surface area (Å²) in [4.78, 5) is 18.1. The number of carbonyl (C=O) groups excluding carboxylic acids is 1. The van der Waals surface area contributed by atoms with Gasteiger partial charge >= 0.3 is 6.03 Å². The third kappa shape index (κ3) is 4.04. The molecule has 1 aliphatic carbocycles. The van der Waals surface area contributed by atoms with Crippen LogP contribution in [0.2, 0.25) is 0 Å². The predicted molar refractivity (Wildman–Crippen MR) is 116 cm³/mol. The van der Waals surface area contributed by atoms with E-state index in [1.807, 2.05) is 0 Å². The predicted octanol–water partition coefficient (Wildman–Crippen LogP) is 4.22. The van der Waals surface area contributed by atoms with Crippen molar-refractivity contribution in [2.75, 3.05) is 26.2 Å². The maximum absolute atomic E-state index is 13.3. The van der Waals surface area contributed by atoms with Crippen LogP contribution in [-0.2, 0) is 6.42 Å². The number of carbonyl (C=O) groups is 1. The minimum Gasteiger partial charge on any atom is -0.338 e. The first-order chi connectivity index (χ1) is 14.3. The summed E-state index contributed by atoms with van der Waals surface area (Å²) in [7, 11) is 0. The van der Waals surface area contributed by atoms with Crippen molar-refractivity contribution in [3.05, 3.63) is 71.3 Å². The molecule has 3 aliphatic rings. The highest BCUT2D eigenvalue weighted by Crippen LogP contribution is 2.37. The molecule has 2 amide bonds. The highest BCUT2D eigenvalue weighted by molar-refractivity contribution is 5.76. The molecule has 5 rings (SSSR count). The number of amides is 2. The summed E-state index contributed by atoms with van der Waals surface area (Å²) in [6, 6.07) is 19.6. The van der Waals surface area contributed by atoms with Crippen LogP contribution in [0, 0.1) is 5.92 Å². The molecule has 2 aromatic rings. The molecule has 4 nitrogen and oxygen atoms in total. The van der Waals surface area contributed by atoms with Crippen molar-refractivity contribution in [1.29, 1.82) is 0 Å². The van der Waals surface area contributed by atoms with Gasteiger partial charge in [0, 0.05) is 32.2 Å². The van der Waals surface area contributed by atoms with Crippen LogP contribution in [0.3, 0.4) is 0 Å². The van der Waals surface area contributed by atoms with Crippen molar-refractivity contribution in [3.63, 3.8) is 0 Å². The Hall–Kier alpha value is -2.33. The van der Waals surface area contributed by atoms with E-state index in [9.17, 15) is 4.79 Å². The van der Waals surface area contributed by atoms with Crippen LogP contribution >= 0.6 is 0 Å². The van der Waals surface area contributed by atoms with E-state index < -0.39 is 0 Å². The van der Waals surface area contributed by atoms with Gasteiger partial charge in [-0.1, -0.05) is 54.6 Å². The topological polar surface area (TPSA) is 35.6 Å². The average molecular weight is 390 g/mol. The summed E-state index contributed by atoms with van der Waals surface area (Å²) in [5, 5.41) is 3.20. The van der Waals surface area contributed by atoms with Gasteiger partial charge in [-0.25, -0.2) is 4.79 Å². The van der Waals surface area contributed by atoms with Gasteiger partial charge in [0.05, 0.1) is 6.04 Å². The lowest BCUT2D eigenvalue weighted by Gasteiger charge is -2.44. The number of fused-ring (bicyclic) bond motifs is 1. The fraction of sp³-hybridized carbons (Fsp3) is 0.480. The summed E-state index contributed by atoms with van der Waals surface area (Å²) in [6.45, 7) is 4.17. The smallest absolute Gasteiger partial charge is 0.318 e. The maximum atomic E-state index is 13.3. The Morgan fingerprint density at radius 3 is 2.38 bits per heavy atom. The summed E-state index contributed by atoms with van der Waals surface area (Å²) in [6.07, 6.45) is 5.82. The van der Waals surface area contributed by atoms with Gasteiger partial charge in [-0.05, 0) is 54.7 Å². The molecule has 29 heavy (non-hydrogen) atoms. The van der Waals surface area contributed by atoms with Gasteiger partial charge in [0.15, 0.2) is 0 Å².